The molecule has 156 valence electrons. The molecule has 0 fully saturated rings. The zero-order chi connectivity index (χ0) is 21.6. The van der Waals surface area contributed by atoms with Gasteiger partial charge in [0.1, 0.15) is 12.4 Å². The summed E-state index contributed by atoms with van der Waals surface area (Å²) in [7, 11) is 0. The Kier molecular flexibility index (Phi) is 7.28. The van der Waals surface area contributed by atoms with Crippen molar-refractivity contribution in [2.45, 2.75) is 13.2 Å². The van der Waals surface area contributed by atoms with Crippen LogP contribution in [0.15, 0.2) is 92.9 Å². The quantitative estimate of drug-likeness (QED) is 0.186. The molecule has 0 amide bonds. The Hall–Kier alpha value is -2.34. The zero-order valence-electron chi connectivity index (χ0n) is 16.5. The van der Waals surface area contributed by atoms with Crippen molar-refractivity contribution in [2.75, 3.05) is 0 Å². The normalized spacial score (nSPS) is 11.2. The molecule has 4 rings (SSSR count). The van der Waals surface area contributed by atoms with Crippen molar-refractivity contribution < 1.29 is 4.74 Å². The van der Waals surface area contributed by atoms with Gasteiger partial charge >= 0.3 is 0 Å². The standard InChI is InChI=1S/C25H19Br2ClN2O/c26-23-12-18(15-30-29-14-17-8-10-21(28)11-9-17)13-24(27)25(23)31-16-20-6-3-5-19-4-1-2-7-22(19)20/h1-13,15,29H,14,16H2/b30-15-. The van der Waals surface area contributed by atoms with Gasteiger partial charge in [-0.1, -0.05) is 66.2 Å². The molecule has 0 radical (unpaired) electrons. The summed E-state index contributed by atoms with van der Waals surface area (Å²) in [5.74, 6) is 0.763. The van der Waals surface area contributed by atoms with Crippen LogP contribution in [0.25, 0.3) is 10.8 Å². The summed E-state index contributed by atoms with van der Waals surface area (Å²) in [5.41, 5.74) is 6.25. The van der Waals surface area contributed by atoms with E-state index in [2.05, 4.69) is 72.7 Å². The average molecular weight is 559 g/mol. The lowest BCUT2D eigenvalue weighted by molar-refractivity contribution is 0.303. The molecular weight excluding hydrogens is 540 g/mol. The van der Waals surface area contributed by atoms with Crippen molar-refractivity contribution in [3.63, 3.8) is 0 Å². The van der Waals surface area contributed by atoms with Gasteiger partial charge in [-0.15, -0.1) is 0 Å². The van der Waals surface area contributed by atoms with E-state index in [1.807, 2.05) is 48.5 Å². The van der Waals surface area contributed by atoms with Gasteiger partial charge in [0.2, 0.25) is 0 Å². The summed E-state index contributed by atoms with van der Waals surface area (Å²) in [6.45, 7) is 1.11. The molecule has 0 atom stereocenters. The van der Waals surface area contributed by atoms with Crippen molar-refractivity contribution in [3.8, 4) is 5.75 Å². The molecular formula is C25H19Br2ClN2O. The molecule has 3 nitrogen and oxygen atoms in total. The third kappa shape index (κ3) is 5.67. The van der Waals surface area contributed by atoms with Crippen LogP contribution >= 0.6 is 43.5 Å². The Balaban J connectivity index is 1.41. The Morgan fingerprint density at radius 3 is 2.39 bits per heavy atom. The van der Waals surface area contributed by atoms with Crippen LogP contribution in [0.5, 0.6) is 5.75 Å². The minimum absolute atomic E-state index is 0.481. The molecule has 0 heterocycles. The van der Waals surface area contributed by atoms with Crippen LogP contribution in [0.1, 0.15) is 16.7 Å². The summed E-state index contributed by atoms with van der Waals surface area (Å²) >= 11 is 13.2. The molecule has 31 heavy (non-hydrogen) atoms. The number of halogens is 3. The van der Waals surface area contributed by atoms with Crippen molar-refractivity contribution >= 4 is 60.4 Å². The third-order valence-electron chi connectivity index (χ3n) is 4.77. The lowest BCUT2D eigenvalue weighted by Crippen LogP contribution is -2.05. The summed E-state index contributed by atoms with van der Waals surface area (Å²) in [6, 6.07) is 26.2. The molecule has 0 aliphatic carbocycles. The molecule has 0 aliphatic rings. The molecule has 6 heteroatoms. The smallest absolute Gasteiger partial charge is 0.148 e. The van der Waals surface area contributed by atoms with Crippen LogP contribution in [-0.2, 0) is 13.2 Å². The molecule has 0 saturated carbocycles. The summed E-state index contributed by atoms with van der Waals surface area (Å²) in [5, 5.41) is 7.44. The SMILES string of the molecule is Clc1ccc(CN/N=C\c2cc(Br)c(OCc3cccc4ccccc34)c(Br)c2)cc1. The lowest BCUT2D eigenvalue weighted by Gasteiger charge is -2.13. The first kappa shape index (κ1) is 21.9. The minimum Gasteiger partial charge on any atom is -0.487 e. The van der Waals surface area contributed by atoms with Crippen molar-refractivity contribution in [2.24, 2.45) is 5.10 Å². The number of fused-ring (bicyclic) bond motifs is 1. The second kappa shape index (κ2) is 10.3. The van der Waals surface area contributed by atoms with Gasteiger partial charge in [-0.3, -0.25) is 0 Å². The molecule has 0 unspecified atom stereocenters. The fourth-order valence-corrected chi connectivity index (χ4v) is 4.80. The van der Waals surface area contributed by atoms with Gasteiger partial charge in [0.15, 0.2) is 0 Å². The molecule has 1 N–H and O–H groups in total. The monoisotopic (exact) mass is 556 g/mol. The van der Waals surface area contributed by atoms with Crippen LogP contribution < -0.4 is 10.2 Å². The number of ether oxygens (including phenoxy) is 1. The van der Waals surface area contributed by atoms with E-state index < -0.39 is 0 Å². The first-order valence-corrected chi connectivity index (χ1v) is 11.7. The maximum Gasteiger partial charge on any atom is 0.148 e. The van der Waals surface area contributed by atoms with E-state index in [4.69, 9.17) is 16.3 Å². The van der Waals surface area contributed by atoms with Gasteiger partial charge < -0.3 is 10.2 Å². The van der Waals surface area contributed by atoms with Gasteiger partial charge in [-0.25, -0.2) is 0 Å². The van der Waals surface area contributed by atoms with E-state index in [0.29, 0.717) is 13.2 Å². The maximum atomic E-state index is 6.15. The molecule has 0 aliphatic heterocycles. The Morgan fingerprint density at radius 2 is 1.61 bits per heavy atom. The van der Waals surface area contributed by atoms with Gasteiger partial charge in [0.05, 0.1) is 21.7 Å². The third-order valence-corrected chi connectivity index (χ3v) is 6.20. The number of hydrogen-bond acceptors (Lipinski definition) is 3. The molecule has 4 aromatic rings. The Bertz CT molecular complexity index is 1200. The predicted octanol–water partition coefficient (Wildman–Crippen LogP) is 7.72. The van der Waals surface area contributed by atoms with Crippen LogP contribution in [0.2, 0.25) is 5.02 Å². The summed E-state index contributed by atoms with van der Waals surface area (Å²) in [4.78, 5) is 0. The molecule has 0 bridgehead atoms. The van der Waals surface area contributed by atoms with E-state index in [0.717, 1.165) is 36.4 Å². The highest BCUT2D eigenvalue weighted by Crippen LogP contribution is 2.35. The van der Waals surface area contributed by atoms with Crippen LogP contribution in [0.3, 0.4) is 0 Å². The summed E-state index contributed by atoms with van der Waals surface area (Å²) < 4.78 is 7.87. The predicted molar refractivity (Wildman–Crippen MR) is 136 cm³/mol. The first-order chi connectivity index (χ1) is 15.1. The lowest BCUT2D eigenvalue weighted by atomic mass is 10.1. The highest BCUT2D eigenvalue weighted by molar-refractivity contribution is 9.11. The summed E-state index contributed by atoms with van der Waals surface area (Å²) in [6.07, 6.45) is 1.78. The number of hydrogen-bond donors (Lipinski definition) is 1. The second-order valence-corrected chi connectivity index (χ2v) is 9.11. The van der Waals surface area contributed by atoms with Crippen LogP contribution in [-0.4, -0.2) is 6.21 Å². The van der Waals surface area contributed by atoms with E-state index in [9.17, 15) is 0 Å². The van der Waals surface area contributed by atoms with Crippen molar-refractivity contribution in [1.29, 1.82) is 0 Å². The van der Waals surface area contributed by atoms with E-state index in [1.54, 1.807) is 6.21 Å². The van der Waals surface area contributed by atoms with E-state index >= 15 is 0 Å². The maximum absolute atomic E-state index is 6.15. The highest BCUT2D eigenvalue weighted by Gasteiger charge is 2.10. The van der Waals surface area contributed by atoms with Crippen molar-refractivity contribution in [1.82, 2.24) is 5.43 Å². The average Bonchev–Trinajstić information content (AvgIpc) is 2.77. The fraction of sp³-hybridized carbons (Fsp3) is 0.0800. The van der Waals surface area contributed by atoms with Crippen molar-refractivity contribution in [3.05, 3.63) is 110 Å². The molecule has 0 aromatic heterocycles. The van der Waals surface area contributed by atoms with Gasteiger partial charge in [-0.05, 0) is 83.6 Å². The number of benzene rings is 4. The van der Waals surface area contributed by atoms with Gasteiger partial charge in [0.25, 0.3) is 0 Å². The number of nitrogens with zero attached hydrogens (tertiary/aromatic N) is 1. The minimum atomic E-state index is 0.481. The largest absolute Gasteiger partial charge is 0.487 e. The van der Waals surface area contributed by atoms with Crippen LogP contribution in [0, 0.1) is 0 Å². The Morgan fingerprint density at radius 1 is 0.903 bits per heavy atom. The highest BCUT2D eigenvalue weighted by atomic mass is 79.9. The van der Waals surface area contributed by atoms with Gasteiger partial charge in [0, 0.05) is 5.02 Å². The van der Waals surface area contributed by atoms with E-state index in [1.165, 1.54) is 10.8 Å². The van der Waals surface area contributed by atoms with E-state index in [-0.39, 0.29) is 0 Å². The molecule has 0 spiro atoms. The molecule has 4 aromatic carbocycles. The fourth-order valence-electron chi connectivity index (χ4n) is 3.22. The Labute approximate surface area is 203 Å². The van der Waals surface area contributed by atoms with Gasteiger partial charge in [-0.2, -0.15) is 5.10 Å². The number of hydrazone groups is 1. The van der Waals surface area contributed by atoms with Crippen LogP contribution in [0.4, 0.5) is 0 Å². The zero-order valence-corrected chi connectivity index (χ0v) is 20.4. The topological polar surface area (TPSA) is 33.6 Å². The number of rotatable bonds is 7. The first-order valence-electron chi connectivity index (χ1n) is 9.69. The second-order valence-electron chi connectivity index (χ2n) is 6.96. The molecule has 0 saturated heterocycles. The number of nitrogens with one attached hydrogen (secondary N) is 1.